The highest BCUT2D eigenvalue weighted by molar-refractivity contribution is 8.76. The Bertz CT molecular complexity index is 1710. The van der Waals surface area contributed by atoms with Gasteiger partial charge in [0, 0.05) is 10.5 Å². The fraction of sp³-hybridized carbons (Fsp3) is 0.182. The van der Waals surface area contributed by atoms with E-state index in [4.69, 9.17) is 0 Å². The second kappa shape index (κ2) is 14.2. The maximum atomic E-state index is 2.39. The Morgan fingerprint density at radius 1 is 0.304 bits per heavy atom. The van der Waals surface area contributed by atoms with Gasteiger partial charge in [-0.25, -0.2) is 0 Å². The van der Waals surface area contributed by atoms with E-state index in [0.717, 1.165) is 0 Å². The van der Waals surface area contributed by atoms with Crippen LogP contribution in [0.5, 0.6) is 0 Å². The van der Waals surface area contributed by atoms with Gasteiger partial charge in [-0.1, -0.05) is 155 Å². The fourth-order valence-electron chi connectivity index (χ4n) is 6.71. The lowest BCUT2D eigenvalue weighted by atomic mass is 9.87. The standard InChI is InChI=1S/C44H42S2/c1-29-17-7-11-21-35(29)39-25-15-26-40(36-22-12-8-18-30(36)2)43(39)33(5)45-46-34(6)44-41(37-23-13-9-19-31(37)3)27-16-28-42(44)38-24-14-10-20-32(38)4/h7-28,33-34H,1-6H3/t33-,34-/m1/s1. The highest BCUT2D eigenvalue weighted by Crippen LogP contribution is 2.53. The van der Waals surface area contributed by atoms with E-state index in [0.29, 0.717) is 0 Å². The monoisotopic (exact) mass is 634 g/mol. The Labute approximate surface area is 283 Å². The van der Waals surface area contributed by atoms with Crippen LogP contribution in [0, 0.1) is 27.7 Å². The maximum Gasteiger partial charge on any atom is 0.0385 e. The van der Waals surface area contributed by atoms with Crippen molar-refractivity contribution in [2.45, 2.75) is 52.0 Å². The van der Waals surface area contributed by atoms with Gasteiger partial charge in [-0.15, -0.1) is 0 Å². The normalized spacial score (nSPS) is 12.6. The van der Waals surface area contributed by atoms with Gasteiger partial charge in [0.15, 0.2) is 0 Å². The first-order valence-corrected chi connectivity index (χ1v) is 18.4. The summed E-state index contributed by atoms with van der Waals surface area (Å²) in [6.45, 7) is 13.7. The first kappa shape index (κ1) is 32.0. The molecule has 0 aliphatic carbocycles. The molecule has 2 heteroatoms. The third-order valence-electron chi connectivity index (χ3n) is 9.11. The SMILES string of the molecule is Cc1ccccc1-c1cccc(-c2ccccc2C)c1[C@@H](C)SS[C@H](C)c1c(-c2ccccc2C)cccc1-c1ccccc1C. The van der Waals surface area contributed by atoms with Crippen LogP contribution in [0.25, 0.3) is 44.5 Å². The summed E-state index contributed by atoms with van der Waals surface area (Å²) >= 11 is 0. The van der Waals surface area contributed by atoms with Gasteiger partial charge in [0.1, 0.15) is 0 Å². The van der Waals surface area contributed by atoms with Crippen LogP contribution in [0.1, 0.15) is 57.7 Å². The van der Waals surface area contributed by atoms with E-state index in [1.165, 1.54) is 77.9 Å². The van der Waals surface area contributed by atoms with Crippen molar-refractivity contribution in [1.29, 1.82) is 0 Å². The van der Waals surface area contributed by atoms with E-state index in [9.17, 15) is 0 Å². The molecule has 2 atom stereocenters. The van der Waals surface area contributed by atoms with Crippen molar-refractivity contribution in [2.75, 3.05) is 0 Å². The molecule has 0 spiro atoms. The van der Waals surface area contributed by atoms with Gasteiger partial charge in [0.2, 0.25) is 0 Å². The Kier molecular flexibility index (Phi) is 9.87. The fourth-order valence-corrected chi connectivity index (χ4v) is 9.32. The second-order valence-corrected chi connectivity index (χ2v) is 15.2. The summed E-state index contributed by atoms with van der Waals surface area (Å²) in [6.07, 6.45) is 0. The molecule has 0 fully saturated rings. The molecule has 6 rings (SSSR count). The Morgan fingerprint density at radius 2 is 0.522 bits per heavy atom. The van der Waals surface area contributed by atoms with Gasteiger partial charge in [-0.3, -0.25) is 0 Å². The van der Waals surface area contributed by atoms with Crippen LogP contribution in [0.15, 0.2) is 133 Å². The van der Waals surface area contributed by atoms with E-state index in [2.05, 4.69) is 175 Å². The zero-order valence-electron chi connectivity index (χ0n) is 27.7. The van der Waals surface area contributed by atoms with Gasteiger partial charge in [-0.05, 0) is 119 Å². The zero-order chi connectivity index (χ0) is 32.2. The Morgan fingerprint density at radius 3 is 0.761 bits per heavy atom. The minimum Gasteiger partial charge on any atom is -0.0855 e. The molecule has 0 bridgehead atoms. The van der Waals surface area contributed by atoms with Crippen molar-refractivity contribution >= 4 is 21.6 Å². The summed E-state index contributed by atoms with van der Waals surface area (Å²) in [4.78, 5) is 0. The lowest BCUT2D eigenvalue weighted by molar-refractivity contribution is 1.10. The van der Waals surface area contributed by atoms with Crippen molar-refractivity contribution in [3.63, 3.8) is 0 Å². The van der Waals surface area contributed by atoms with E-state index in [-0.39, 0.29) is 10.5 Å². The maximum absolute atomic E-state index is 2.39. The summed E-state index contributed by atoms with van der Waals surface area (Å²) in [5.41, 5.74) is 18.6. The van der Waals surface area contributed by atoms with Gasteiger partial charge in [-0.2, -0.15) is 0 Å². The van der Waals surface area contributed by atoms with Gasteiger partial charge in [0.25, 0.3) is 0 Å². The van der Waals surface area contributed by atoms with Crippen molar-refractivity contribution in [2.24, 2.45) is 0 Å². The van der Waals surface area contributed by atoms with Crippen molar-refractivity contribution < 1.29 is 0 Å². The van der Waals surface area contributed by atoms with Crippen LogP contribution in [-0.4, -0.2) is 0 Å². The molecule has 0 saturated carbocycles. The molecule has 6 aromatic rings. The zero-order valence-corrected chi connectivity index (χ0v) is 29.3. The number of hydrogen-bond donors (Lipinski definition) is 0. The molecule has 0 aliphatic heterocycles. The molecule has 0 aliphatic rings. The molecule has 0 N–H and O–H groups in total. The highest BCUT2D eigenvalue weighted by Gasteiger charge is 2.24. The molecule has 230 valence electrons. The number of benzene rings is 6. The smallest absolute Gasteiger partial charge is 0.0385 e. The first-order chi connectivity index (χ1) is 22.3. The first-order valence-electron chi connectivity index (χ1n) is 16.2. The number of aryl methyl sites for hydroxylation is 4. The van der Waals surface area contributed by atoms with Crippen LogP contribution in [0.3, 0.4) is 0 Å². The summed E-state index contributed by atoms with van der Waals surface area (Å²) in [5.74, 6) is 0. The van der Waals surface area contributed by atoms with E-state index in [1.54, 1.807) is 0 Å². The molecular weight excluding hydrogens is 593 g/mol. The molecule has 0 aromatic heterocycles. The summed E-state index contributed by atoms with van der Waals surface area (Å²) in [5, 5.41) is 0.510. The lowest BCUT2D eigenvalue weighted by Gasteiger charge is -2.25. The van der Waals surface area contributed by atoms with Crippen LogP contribution < -0.4 is 0 Å². The number of hydrogen-bond acceptors (Lipinski definition) is 2. The Balaban J connectivity index is 1.43. The van der Waals surface area contributed by atoms with Crippen LogP contribution >= 0.6 is 21.6 Å². The van der Waals surface area contributed by atoms with Crippen molar-refractivity contribution in [1.82, 2.24) is 0 Å². The van der Waals surface area contributed by atoms with E-state index in [1.807, 2.05) is 21.6 Å². The molecular formula is C44H42S2. The molecule has 0 amide bonds. The molecule has 0 nitrogen and oxygen atoms in total. The molecule has 0 heterocycles. The van der Waals surface area contributed by atoms with Crippen LogP contribution in [-0.2, 0) is 0 Å². The number of rotatable bonds is 9. The summed E-state index contributed by atoms with van der Waals surface area (Å²) in [6, 6.07) is 48.9. The average molecular weight is 635 g/mol. The van der Waals surface area contributed by atoms with Crippen LogP contribution in [0.4, 0.5) is 0 Å². The third kappa shape index (κ3) is 6.47. The highest BCUT2D eigenvalue weighted by atomic mass is 33.1. The van der Waals surface area contributed by atoms with Gasteiger partial charge < -0.3 is 0 Å². The molecule has 0 unspecified atom stereocenters. The predicted octanol–water partition coefficient (Wildman–Crippen LogP) is 13.8. The largest absolute Gasteiger partial charge is 0.0855 e. The van der Waals surface area contributed by atoms with E-state index >= 15 is 0 Å². The van der Waals surface area contributed by atoms with E-state index < -0.39 is 0 Å². The minimum absolute atomic E-state index is 0.255. The molecule has 0 saturated heterocycles. The molecule has 46 heavy (non-hydrogen) atoms. The predicted molar refractivity (Wildman–Crippen MR) is 206 cm³/mol. The molecule has 6 aromatic carbocycles. The van der Waals surface area contributed by atoms with Gasteiger partial charge >= 0.3 is 0 Å². The third-order valence-corrected chi connectivity index (χ3v) is 12.3. The molecule has 0 radical (unpaired) electrons. The Hall–Kier alpha value is -3.98. The quantitative estimate of drug-likeness (QED) is 0.145. The summed E-state index contributed by atoms with van der Waals surface area (Å²) < 4.78 is 0. The van der Waals surface area contributed by atoms with Crippen molar-refractivity contribution in [3.8, 4) is 44.5 Å². The van der Waals surface area contributed by atoms with Crippen molar-refractivity contribution in [3.05, 3.63) is 167 Å². The average Bonchev–Trinajstić information content (AvgIpc) is 3.07. The van der Waals surface area contributed by atoms with Crippen LogP contribution in [0.2, 0.25) is 0 Å². The van der Waals surface area contributed by atoms with Gasteiger partial charge in [0.05, 0.1) is 0 Å². The second-order valence-electron chi connectivity index (χ2n) is 12.3. The lowest BCUT2D eigenvalue weighted by Crippen LogP contribution is -2.01. The topological polar surface area (TPSA) is 0 Å². The summed E-state index contributed by atoms with van der Waals surface area (Å²) in [7, 11) is 3.99. The minimum atomic E-state index is 0.255.